The first-order valence-electron chi connectivity index (χ1n) is 5.75. The van der Waals surface area contributed by atoms with Gasteiger partial charge in [0.1, 0.15) is 11.6 Å². The van der Waals surface area contributed by atoms with Crippen molar-refractivity contribution in [1.29, 1.82) is 0 Å². The van der Waals surface area contributed by atoms with Crippen LogP contribution < -0.4 is 4.72 Å². The molecule has 0 amide bonds. The van der Waals surface area contributed by atoms with Gasteiger partial charge in [0.25, 0.3) is 10.0 Å². The quantitative estimate of drug-likeness (QED) is 0.878. The minimum Gasteiger partial charge on any atom is -0.235 e. The first-order valence-corrected chi connectivity index (χ1v) is 8.02. The molecule has 1 atom stereocenters. The molecule has 10 heteroatoms. The summed E-state index contributed by atoms with van der Waals surface area (Å²) in [6, 6.07) is 2.05. The molecule has 114 valence electrons. The summed E-state index contributed by atoms with van der Waals surface area (Å²) < 4.78 is 54.5. The largest absolute Gasteiger partial charge is 0.261 e. The Labute approximate surface area is 128 Å². The van der Waals surface area contributed by atoms with Crippen molar-refractivity contribution in [1.82, 2.24) is 19.7 Å². The highest BCUT2D eigenvalue weighted by Gasteiger charge is 2.27. The van der Waals surface area contributed by atoms with E-state index in [2.05, 4.69) is 31.0 Å². The van der Waals surface area contributed by atoms with E-state index in [9.17, 15) is 17.2 Å². The second kappa shape index (κ2) is 5.78. The number of sulfonamides is 1. The number of benzene rings is 1. The molecular formula is C11H11BrF2N4O2S. The van der Waals surface area contributed by atoms with Gasteiger partial charge in [0.05, 0.1) is 0 Å². The Kier molecular flexibility index (Phi) is 4.40. The van der Waals surface area contributed by atoms with Crippen LogP contribution in [0.1, 0.15) is 18.5 Å². The van der Waals surface area contributed by atoms with Crippen molar-refractivity contribution in [2.75, 3.05) is 0 Å². The van der Waals surface area contributed by atoms with Gasteiger partial charge in [-0.25, -0.2) is 26.6 Å². The van der Waals surface area contributed by atoms with Crippen molar-refractivity contribution < 1.29 is 17.2 Å². The molecule has 0 saturated heterocycles. The van der Waals surface area contributed by atoms with Gasteiger partial charge in [0.2, 0.25) is 5.03 Å². The Morgan fingerprint density at radius 3 is 2.57 bits per heavy atom. The number of halogens is 3. The van der Waals surface area contributed by atoms with Crippen LogP contribution in [-0.2, 0) is 17.1 Å². The van der Waals surface area contributed by atoms with E-state index < -0.39 is 27.7 Å². The van der Waals surface area contributed by atoms with Crippen molar-refractivity contribution in [2.24, 2.45) is 7.05 Å². The lowest BCUT2D eigenvalue weighted by Gasteiger charge is -2.15. The fraction of sp³-hybridized carbons (Fsp3) is 0.273. The topological polar surface area (TPSA) is 76.9 Å². The van der Waals surface area contributed by atoms with Crippen molar-refractivity contribution >= 4 is 26.0 Å². The lowest BCUT2D eigenvalue weighted by molar-refractivity contribution is 0.531. The van der Waals surface area contributed by atoms with Crippen molar-refractivity contribution in [3.05, 3.63) is 40.0 Å². The molecule has 1 aromatic carbocycles. The highest BCUT2D eigenvalue weighted by atomic mass is 79.9. The SMILES string of the molecule is CC(NS(=O)(=O)c1c(Br)nnn1C)c1ccc(F)cc1F. The van der Waals surface area contributed by atoms with Gasteiger partial charge in [-0.05, 0) is 28.9 Å². The molecule has 1 N–H and O–H groups in total. The van der Waals surface area contributed by atoms with Gasteiger partial charge >= 0.3 is 0 Å². The molecular weight excluding hydrogens is 370 g/mol. The smallest absolute Gasteiger partial charge is 0.235 e. The molecule has 1 heterocycles. The highest BCUT2D eigenvalue weighted by Crippen LogP contribution is 2.23. The van der Waals surface area contributed by atoms with E-state index in [0.717, 1.165) is 10.7 Å². The van der Waals surface area contributed by atoms with Crippen LogP contribution in [0.2, 0.25) is 0 Å². The van der Waals surface area contributed by atoms with Crippen molar-refractivity contribution in [3.63, 3.8) is 0 Å². The zero-order valence-electron chi connectivity index (χ0n) is 11.0. The monoisotopic (exact) mass is 380 g/mol. The second-order valence-corrected chi connectivity index (χ2v) is 6.70. The summed E-state index contributed by atoms with van der Waals surface area (Å²) >= 11 is 2.99. The Hall–Kier alpha value is -1.39. The van der Waals surface area contributed by atoms with Crippen LogP contribution >= 0.6 is 15.9 Å². The van der Waals surface area contributed by atoms with Gasteiger partial charge in [0.15, 0.2) is 4.60 Å². The number of rotatable bonds is 4. The molecule has 1 unspecified atom stereocenters. The second-order valence-electron chi connectivity index (χ2n) is 4.32. The molecule has 2 aromatic rings. The summed E-state index contributed by atoms with van der Waals surface area (Å²) in [6.45, 7) is 1.45. The summed E-state index contributed by atoms with van der Waals surface area (Å²) in [5.41, 5.74) is 0.0335. The third kappa shape index (κ3) is 3.27. The van der Waals surface area contributed by atoms with E-state index in [1.54, 1.807) is 0 Å². The van der Waals surface area contributed by atoms with Crippen LogP contribution in [0.15, 0.2) is 27.8 Å². The summed E-state index contributed by atoms with van der Waals surface area (Å²) in [6.07, 6.45) is 0. The van der Waals surface area contributed by atoms with Crippen LogP contribution in [0.5, 0.6) is 0 Å². The average molecular weight is 381 g/mol. The van der Waals surface area contributed by atoms with Crippen LogP contribution in [0.25, 0.3) is 0 Å². The molecule has 0 bridgehead atoms. The summed E-state index contributed by atoms with van der Waals surface area (Å²) in [4.78, 5) is 0. The van der Waals surface area contributed by atoms with E-state index in [4.69, 9.17) is 0 Å². The Morgan fingerprint density at radius 1 is 1.38 bits per heavy atom. The fourth-order valence-electron chi connectivity index (χ4n) is 1.81. The Balaban J connectivity index is 2.32. The van der Waals surface area contributed by atoms with Gasteiger partial charge in [-0.3, -0.25) is 0 Å². The number of aromatic nitrogens is 3. The predicted molar refractivity (Wildman–Crippen MR) is 73.8 cm³/mol. The molecule has 0 aliphatic rings. The first-order chi connectivity index (χ1) is 9.72. The number of hydrogen-bond acceptors (Lipinski definition) is 4. The normalized spacial score (nSPS) is 13.4. The maximum absolute atomic E-state index is 13.7. The molecule has 2 rings (SSSR count). The molecule has 0 aliphatic heterocycles. The predicted octanol–water partition coefficient (Wildman–Crippen LogP) is 1.90. The van der Waals surface area contributed by atoms with Crippen LogP contribution in [0.3, 0.4) is 0 Å². The van der Waals surface area contributed by atoms with E-state index in [1.165, 1.54) is 20.0 Å². The van der Waals surface area contributed by atoms with E-state index >= 15 is 0 Å². The minimum atomic E-state index is -3.97. The van der Waals surface area contributed by atoms with Gasteiger partial charge in [0, 0.05) is 24.7 Å². The molecule has 1 aromatic heterocycles. The number of aryl methyl sites for hydroxylation is 1. The van der Waals surface area contributed by atoms with Crippen molar-refractivity contribution in [3.8, 4) is 0 Å². The third-order valence-corrected chi connectivity index (χ3v) is 5.18. The number of nitrogens with zero attached hydrogens (tertiary/aromatic N) is 3. The zero-order chi connectivity index (χ0) is 15.8. The number of hydrogen-bond donors (Lipinski definition) is 1. The molecule has 21 heavy (non-hydrogen) atoms. The van der Waals surface area contributed by atoms with Gasteiger partial charge in [-0.15, -0.1) is 5.10 Å². The lowest BCUT2D eigenvalue weighted by Crippen LogP contribution is -2.29. The average Bonchev–Trinajstić information content (AvgIpc) is 2.68. The maximum atomic E-state index is 13.7. The van der Waals surface area contributed by atoms with Gasteiger partial charge in [-0.1, -0.05) is 11.3 Å². The highest BCUT2D eigenvalue weighted by molar-refractivity contribution is 9.10. The minimum absolute atomic E-state index is 0.0335. The molecule has 0 spiro atoms. The summed E-state index contributed by atoms with van der Waals surface area (Å²) in [5.74, 6) is -1.56. The van der Waals surface area contributed by atoms with Gasteiger partial charge < -0.3 is 0 Å². The maximum Gasteiger partial charge on any atom is 0.261 e. The van der Waals surface area contributed by atoms with Crippen LogP contribution in [0.4, 0.5) is 8.78 Å². The van der Waals surface area contributed by atoms with E-state index in [0.29, 0.717) is 6.07 Å². The molecule has 0 saturated carbocycles. The fourth-order valence-corrected chi connectivity index (χ4v) is 4.13. The molecule has 6 nitrogen and oxygen atoms in total. The number of nitrogens with one attached hydrogen (secondary N) is 1. The molecule has 0 radical (unpaired) electrons. The molecule has 0 aliphatic carbocycles. The van der Waals surface area contributed by atoms with E-state index in [-0.39, 0.29) is 15.2 Å². The Morgan fingerprint density at radius 2 is 2.05 bits per heavy atom. The summed E-state index contributed by atoms with van der Waals surface area (Å²) in [5, 5.41) is 6.96. The summed E-state index contributed by atoms with van der Waals surface area (Å²) in [7, 11) is -2.56. The van der Waals surface area contributed by atoms with Crippen LogP contribution in [-0.4, -0.2) is 23.4 Å². The third-order valence-electron chi connectivity index (χ3n) is 2.75. The van der Waals surface area contributed by atoms with Crippen molar-refractivity contribution in [2.45, 2.75) is 18.0 Å². The van der Waals surface area contributed by atoms with Crippen LogP contribution in [0, 0.1) is 11.6 Å². The standard InChI is InChI=1S/C11H11BrF2N4O2S/c1-6(8-4-3-7(13)5-9(8)14)16-21(19,20)11-10(12)15-17-18(11)2/h3-6,16H,1-2H3. The van der Waals surface area contributed by atoms with E-state index in [1.807, 2.05) is 0 Å². The first kappa shape index (κ1) is 16.0. The van der Waals surface area contributed by atoms with Gasteiger partial charge in [-0.2, -0.15) is 0 Å². The zero-order valence-corrected chi connectivity index (χ0v) is 13.4. The molecule has 0 fully saturated rings. The Bertz CT molecular complexity index is 759. The lowest BCUT2D eigenvalue weighted by atomic mass is 10.1.